The molecule has 0 bridgehead atoms. The number of amides is 2. The molecule has 4 nitrogen and oxygen atoms in total. The third-order valence-electron chi connectivity index (χ3n) is 4.90. The molecule has 0 aromatic rings. The number of carbonyl (C=O) groups is 2. The Labute approximate surface area is 128 Å². The van der Waals surface area contributed by atoms with Crippen molar-refractivity contribution in [2.24, 2.45) is 23.5 Å². The Kier molecular flexibility index (Phi) is 5.34. The van der Waals surface area contributed by atoms with Crippen molar-refractivity contribution in [1.29, 1.82) is 0 Å². The molecule has 2 aliphatic rings. The second kappa shape index (κ2) is 6.87. The fourth-order valence-corrected chi connectivity index (χ4v) is 3.61. The minimum absolute atomic E-state index is 0.0798. The van der Waals surface area contributed by atoms with Gasteiger partial charge in [-0.3, -0.25) is 9.59 Å². The van der Waals surface area contributed by atoms with Gasteiger partial charge in [0.1, 0.15) is 0 Å². The molecule has 0 aromatic carbocycles. The van der Waals surface area contributed by atoms with Crippen LogP contribution in [0.3, 0.4) is 0 Å². The van der Waals surface area contributed by atoms with E-state index in [1.54, 1.807) is 4.90 Å². The molecular weight excluding hydrogens is 297 g/mol. The molecule has 0 spiro atoms. The Morgan fingerprint density at radius 1 is 1.09 bits per heavy atom. The van der Waals surface area contributed by atoms with Crippen LogP contribution in [0.15, 0.2) is 0 Å². The number of likely N-dealkylation sites (tertiary alicyclic amines) is 1. The van der Waals surface area contributed by atoms with Gasteiger partial charge < -0.3 is 10.6 Å². The fraction of sp³-hybridized carbons (Fsp3) is 0.867. The van der Waals surface area contributed by atoms with Crippen LogP contribution in [-0.2, 0) is 9.59 Å². The summed E-state index contributed by atoms with van der Waals surface area (Å²) in [7, 11) is 0. The number of hydrogen-bond acceptors (Lipinski definition) is 2. The summed E-state index contributed by atoms with van der Waals surface area (Å²) in [5.74, 6) is -2.15. The summed E-state index contributed by atoms with van der Waals surface area (Å²) in [5, 5.41) is 0. The summed E-state index contributed by atoms with van der Waals surface area (Å²) in [4.78, 5) is 25.0. The van der Waals surface area contributed by atoms with Crippen LogP contribution in [-0.4, -0.2) is 36.0 Å². The quantitative estimate of drug-likeness (QED) is 0.868. The number of nitrogens with zero attached hydrogens (tertiary/aromatic N) is 1. The number of primary amides is 1. The van der Waals surface area contributed by atoms with Gasteiger partial charge in [-0.05, 0) is 38.0 Å². The van der Waals surface area contributed by atoms with Crippen LogP contribution in [0.1, 0.15) is 44.9 Å². The predicted octanol–water partition coefficient (Wildman–Crippen LogP) is 2.47. The lowest BCUT2D eigenvalue weighted by molar-refractivity contribution is -0.187. The third kappa shape index (κ3) is 4.36. The molecule has 2 fully saturated rings. The fourth-order valence-electron chi connectivity index (χ4n) is 3.61. The minimum atomic E-state index is -4.20. The van der Waals surface area contributed by atoms with Gasteiger partial charge in [-0.15, -0.1) is 0 Å². The zero-order valence-electron chi connectivity index (χ0n) is 12.6. The van der Waals surface area contributed by atoms with E-state index in [9.17, 15) is 22.8 Å². The van der Waals surface area contributed by atoms with Gasteiger partial charge in [-0.2, -0.15) is 13.2 Å². The van der Waals surface area contributed by atoms with Gasteiger partial charge in [0.2, 0.25) is 11.8 Å². The Morgan fingerprint density at radius 2 is 1.73 bits per heavy atom. The van der Waals surface area contributed by atoms with Crippen molar-refractivity contribution in [3.05, 3.63) is 0 Å². The molecule has 0 aromatic heterocycles. The van der Waals surface area contributed by atoms with Crippen LogP contribution in [0.5, 0.6) is 0 Å². The van der Waals surface area contributed by atoms with Gasteiger partial charge >= 0.3 is 6.18 Å². The highest BCUT2D eigenvalue weighted by Crippen LogP contribution is 2.40. The van der Waals surface area contributed by atoms with Crippen LogP contribution in [0.2, 0.25) is 0 Å². The van der Waals surface area contributed by atoms with Gasteiger partial charge in [0.05, 0.1) is 5.92 Å². The van der Waals surface area contributed by atoms with Gasteiger partial charge in [0.25, 0.3) is 0 Å². The molecule has 0 unspecified atom stereocenters. The Morgan fingerprint density at radius 3 is 2.27 bits per heavy atom. The molecule has 2 N–H and O–H groups in total. The Balaban J connectivity index is 1.86. The van der Waals surface area contributed by atoms with Crippen molar-refractivity contribution < 1.29 is 22.8 Å². The minimum Gasteiger partial charge on any atom is -0.370 e. The maximum Gasteiger partial charge on any atom is 0.391 e. The number of halogens is 3. The van der Waals surface area contributed by atoms with Crippen molar-refractivity contribution >= 4 is 11.8 Å². The van der Waals surface area contributed by atoms with Crippen molar-refractivity contribution in [1.82, 2.24) is 4.90 Å². The third-order valence-corrected chi connectivity index (χ3v) is 4.90. The monoisotopic (exact) mass is 320 g/mol. The van der Waals surface area contributed by atoms with Crippen LogP contribution in [0.4, 0.5) is 13.2 Å². The first-order chi connectivity index (χ1) is 10.3. The van der Waals surface area contributed by atoms with Gasteiger partial charge in [0, 0.05) is 25.4 Å². The number of carbonyl (C=O) groups excluding carboxylic acids is 2. The van der Waals surface area contributed by atoms with Crippen molar-refractivity contribution in [2.75, 3.05) is 13.1 Å². The Bertz CT molecular complexity index is 418. The summed E-state index contributed by atoms with van der Waals surface area (Å²) < 4.78 is 38.5. The van der Waals surface area contributed by atoms with Gasteiger partial charge in [-0.1, -0.05) is 6.42 Å². The van der Waals surface area contributed by atoms with E-state index in [0.717, 1.165) is 0 Å². The first-order valence-corrected chi connectivity index (χ1v) is 7.91. The summed E-state index contributed by atoms with van der Waals surface area (Å²) in [6.45, 7) is 1.04. The molecule has 126 valence electrons. The molecule has 1 saturated heterocycles. The van der Waals surface area contributed by atoms with Gasteiger partial charge in [0.15, 0.2) is 0 Å². The molecule has 2 rings (SSSR count). The highest BCUT2D eigenvalue weighted by molar-refractivity contribution is 5.79. The second-order valence-corrected chi connectivity index (χ2v) is 6.54. The normalized spacial score (nSPS) is 27.7. The van der Waals surface area contributed by atoms with Crippen LogP contribution in [0, 0.1) is 17.8 Å². The number of rotatable bonds is 3. The van der Waals surface area contributed by atoms with Gasteiger partial charge in [-0.25, -0.2) is 0 Å². The second-order valence-electron chi connectivity index (χ2n) is 6.54. The van der Waals surface area contributed by atoms with Crippen LogP contribution >= 0.6 is 0 Å². The average Bonchev–Trinajstić information content (AvgIpc) is 2.46. The van der Waals surface area contributed by atoms with Crippen molar-refractivity contribution in [3.8, 4) is 0 Å². The zero-order chi connectivity index (χ0) is 16.3. The highest BCUT2D eigenvalue weighted by atomic mass is 19.4. The lowest BCUT2D eigenvalue weighted by Crippen LogP contribution is -2.44. The maximum absolute atomic E-state index is 12.8. The standard InChI is InChI=1S/C15H23F3N2O2/c16-15(17,18)12-3-1-2-11(9-12)14(22)20-6-4-10(5-7-20)8-13(19)21/h10-12H,1-9H2,(H2,19,21)/t11-,12+/m1/s1. The van der Waals surface area contributed by atoms with E-state index in [1.807, 2.05) is 0 Å². The zero-order valence-corrected chi connectivity index (χ0v) is 12.6. The molecule has 1 heterocycles. The van der Waals surface area contributed by atoms with Crippen molar-refractivity contribution in [3.63, 3.8) is 0 Å². The summed E-state index contributed by atoms with van der Waals surface area (Å²) in [5.41, 5.74) is 5.16. The first-order valence-electron chi connectivity index (χ1n) is 7.91. The van der Waals surface area contributed by atoms with E-state index in [0.29, 0.717) is 45.2 Å². The lowest BCUT2D eigenvalue weighted by atomic mass is 9.80. The number of alkyl halides is 3. The molecule has 1 aliphatic heterocycles. The number of nitrogens with two attached hydrogens (primary N) is 1. The topological polar surface area (TPSA) is 63.4 Å². The Hall–Kier alpha value is -1.27. The van der Waals surface area contributed by atoms with Crippen LogP contribution < -0.4 is 5.73 Å². The van der Waals surface area contributed by atoms with E-state index < -0.39 is 18.0 Å². The van der Waals surface area contributed by atoms with E-state index in [2.05, 4.69) is 0 Å². The maximum atomic E-state index is 12.8. The molecule has 1 aliphatic carbocycles. The van der Waals surface area contributed by atoms with E-state index >= 15 is 0 Å². The average molecular weight is 320 g/mol. The molecule has 1 saturated carbocycles. The van der Waals surface area contributed by atoms with E-state index in [-0.39, 0.29) is 30.6 Å². The largest absolute Gasteiger partial charge is 0.391 e. The molecule has 2 atom stereocenters. The number of hydrogen-bond donors (Lipinski definition) is 1. The number of piperidine rings is 1. The molecular formula is C15H23F3N2O2. The van der Waals surface area contributed by atoms with E-state index in [4.69, 9.17) is 5.73 Å². The first kappa shape index (κ1) is 17.1. The molecule has 2 amide bonds. The molecule has 7 heteroatoms. The highest BCUT2D eigenvalue weighted by Gasteiger charge is 2.44. The van der Waals surface area contributed by atoms with Crippen molar-refractivity contribution in [2.45, 2.75) is 51.1 Å². The summed E-state index contributed by atoms with van der Waals surface area (Å²) in [6.07, 6.45) is -1.42. The van der Waals surface area contributed by atoms with E-state index in [1.165, 1.54) is 0 Å². The predicted molar refractivity (Wildman–Crippen MR) is 74.6 cm³/mol. The lowest BCUT2D eigenvalue weighted by Gasteiger charge is -2.36. The summed E-state index contributed by atoms with van der Waals surface area (Å²) in [6, 6.07) is 0. The smallest absolute Gasteiger partial charge is 0.370 e. The summed E-state index contributed by atoms with van der Waals surface area (Å²) >= 11 is 0. The van der Waals surface area contributed by atoms with Crippen LogP contribution in [0.25, 0.3) is 0 Å². The molecule has 0 radical (unpaired) electrons. The SMILES string of the molecule is NC(=O)CC1CCN(C(=O)[C@@H]2CCC[C@H](C(F)(F)F)C2)CC1. The molecule has 22 heavy (non-hydrogen) atoms.